The minimum absolute atomic E-state index is 0.186. The molecule has 2 N–H and O–H groups in total. The van der Waals surface area contributed by atoms with E-state index in [1.165, 1.54) is 11.3 Å². The maximum atomic E-state index is 12.3. The van der Waals surface area contributed by atoms with E-state index in [1.54, 1.807) is 0 Å². The molecular weight excluding hydrogens is 266 g/mol. The van der Waals surface area contributed by atoms with Crippen LogP contribution in [0.4, 0.5) is 5.69 Å². The normalized spacial score (nSPS) is 19.7. The third-order valence-electron chi connectivity index (χ3n) is 4.55. The van der Waals surface area contributed by atoms with Crippen LogP contribution >= 0.6 is 0 Å². The topological polar surface area (TPSA) is 60.8 Å². The Bertz CT molecular complexity index is 541. The molecule has 4 heteroatoms. The van der Waals surface area contributed by atoms with Crippen LogP contribution in [-0.4, -0.2) is 35.4 Å². The minimum Gasteiger partial charge on any atom is -0.396 e. The summed E-state index contributed by atoms with van der Waals surface area (Å²) >= 11 is 0. The Morgan fingerprint density at radius 3 is 2.86 bits per heavy atom. The van der Waals surface area contributed by atoms with Crippen LogP contribution in [0.2, 0.25) is 0 Å². The molecule has 0 saturated heterocycles. The molecule has 0 fully saturated rings. The highest BCUT2D eigenvalue weighted by Gasteiger charge is 2.32. The van der Waals surface area contributed by atoms with Crippen molar-refractivity contribution in [3.05, 3.63) is 28.8 Å². The standard InChI is InChI=1S/C17H23NO3/c19-8-3-1-2-6-15(20)13-9-12-5-4-7-18-16(21)11-14(10-13)17(12)18/h9-10,16,19,21H,1-8,11H2. The predicted molar refractivity (Wildman–Crippen MR) is 81.7 cm³/mol. The molecule has 4 nitrogen and oxygen atoms in total. The van der Waals surface area contributed by atoms with Gasteiger partial charge in [-0.1, -0.05) is 6.42 Å². The molecule has 1 atom stereocenters. The second kappa shape index (κ2) is 6.16. The summed E-state index contributed by atoms with van der Waals surface area (Å²) in [5, 5.41) is 18.9. The summed E-state index contributed by atoms with van der Waals surface area (Å²) in [6.45, 7) is 1.11. The predicted octanol–water partition coefficient (Wildman–Crippen LogP) is 2.05. The average molecular weight is 289 g/mol. The molecule has 0 spiro atoms. The molecule has 2 aliphatic heterocycles. The monoisotopic (exact) mass is 289 g/mol. The lowest BCUT2D eigenvalue weighted by molar-refractivity contribution is 0.0978. The number of carbonyl (C=O) groups is 1. The van der Waals surface area contributed by atoms with Gasteiger partial charge < -0.3 is 15.1 Å². The maximum Gasteiger partial charge on any atom is 0.162 e. The number of nitrogens with zero attached hydrogens (tertiary/aromatic N) is 1. The van der Waals surface area contributed by atoms with Crippen molar-refractivity contribution in [2.75, 3.05) is 18.1 Å². The van der Waals surface area contributed by atoms with Crippen LogP contribution in [-0.2, 0) is 12.8 Å². The minimum atomic E-state index is -0.422. The molecule has 0 saturated carbocycles. The zero-order valence-corrected chi connectivity index (χ0v) is 12.3. The first-order valence-corrected chi connectivity index (χ1v) is 7.95. The van der Waals surface area contributed by atoms with Crippen molar-refractivity contribution in [2.24, 2.45) is 0 Å². The third-order valence-corrected chi connectivity index (χ3v) is 4.55. The number of aryl methyl sites for hydroxylation is 1. The number of aliphatic hydroxyl groups is 2. The summed E-state index contributed by atoms with van der Waals surface area (Å²) in [6, 6.07) is 4.00. The van der Waals surface area contributed by atoms with Gasteiger partial charge in [-0.3, -0.25) is 4.79 Å². The summed E-state index contributed by atoms with van der Waals surface area (Å²) in [5.74, 6) is 0.186. The maximum absolute atomic E-state index is 12.3. The van der Waals surface area contributed by atoms with Crippen molar-refractivity contribution in [3.63, 3.8) is 0 Å². The van der Waals surface area contributed by atoms with Crippen LogP contribution in [0, 0.1) is 0 Å². The number of ketones is 1. The number of rotatable bonds is 6. The Balaban J connectivity index is 1.76. The molecule has 1 aromatic rings. The molecule has 21 heavy (non-hydrogen) atoms. The zero-order chi connectivity index (χ0) is 14.8. The highest BCUT2D eigenvalue weighted by atomic mass is 16.3. The number of anilines is 1. The van der Waals surface area contributed by atoms with E-state index in [4.69, 9.17) is 5.11 Å². The molecule has 1 unspecified atom stereocenters. The number of benzene rings is 1. The van der Waals surface area contributed by atoms with Gasteiger partial charge in [0, 0.05) is 37.2 Å². The van der Waals surface area contributed by atoms with Crippen molar-refractivity contribution in [1.82, 2.24) is 0 Å². The molecule has 1 aromatic carbocycles. The Morgan fingerprint density at radius 1 is 1.24 bits per heavy atom. The summed E-state index contributed by atoms with van der Waals surface area (Å²) in [4.78, 5) is 14.4. The molecule has 0 amide bonds. The fraction of sp³-hybridized carbons (Fsp3) is 0.588. The van der Waals surface area contributed by atoms with E-state index in [0.29, 0.717) is 12.8 Å². The molecular formula is C17H23NO3. The van der Waals surface area contributed by atoms with E-state index in [0.717, 1.165) is 49.8 Å². The smallest absolute Gasteiger partial charge is 0.162 e. The van der Waals surface area contributed by atoms with Gasteiger partial charge in [0.1, 0.15) is 6.23 Å². The van der Waals surface area contributed by atoms with E-state index < -0.39 is 6.23 Å². The fourth-order valence-electron chi connectivity index (χ4n) is 3.51. The fourth-order valence-corrected chi connectivity index (χ4v) is 3.51. The van der Waals surface area contributed by atoms with Gasteiger partial charge in [-0.15, -0.1) is 0 Å². The quantitative estimate of drug-likeness (QED) is 0.621. The largest absolute Gasteiger partial charge is 0.396 e. The van der Waals surface area contributed by atoms with Gasteiger partial charge in [0.25, 0.3) is 0 Å². The Hall–Kier alpha value is -1.39. The Morgan fingerprint density at radius 2 is 2.05 bits per heavy atom. The van der Waals surface area contributed by atoms with Crippen molar-refractivity contribution in [1.29, 1.82) is 0 Å². The Kier molecular flexibility index (Phi) is 4.27. The lowest BCUT2D eigenvalue weighted by atomic mass is 9.94. The van der Waals surface area contributed by atoms with Crippen molar-refractivity contribution >= 4 is 11.5 Å². The van der Waals surface area contributed by atoms with E-state index >= 15 is 0 Å². The van der Waals surface area contributed by atoms with Crippen molar-refractivity contribution in [2.45, 2.75) is 51.2 Å². The zero-order valence-electron chi connectivity index (χ0n) is 12.3. The summed E-state index contributed by atoms with van der Waals surface area (Å²) in [6.07, 6.45) is 5.29. The molecule has 114 valence electrons. The molecule has 0 aromatic heterocycles. The van der Waals surface area contributed by atoms with Gasteiger partial charge >= 0.3 is 0 Å². The second-order valence-electron chi connectivity index (χ2n) is 6.08. The summed E-state index contributed by atoms with van der Waals surface area (Å²) in [5.41, 5.74) is 4.31. The van der Waals surface area contributed by atoms with Crippen LogP contribution in [0.3, 0.4) is 0 Å². The van der Waals surface area contributed by atoms with Gasteiger partial charge in [0.05, 0.1) is 0 Å². The van der Waals surface area contributed by atoms with Crippen LogP contribution in [0.15, 0.2) is 12.1 Å². The molecule has 3 rings (SSSR count). The summed E-state index contributed by atoms with van der Waals surface area (Å²) < 4.78 is 0. The van der Waals surface area contributed by atoms with Crippen LogP contribution in [0.1, 0.15) is 53.6 Å². The lowest BCUT2D eigenvalue weighted by Gasteiger charge is -2.30. The highest BCUT2D eigenvalue weighted by molar-refractivity contribution is 5.97. The van der Waals surface area contributed by atoms with Crippen molar-refractivity contribution < 1.29 is 15.0 Å². The van der Waals surface area contributed by atoms with E-state index in [2.05, 4.69) is 4.90 Å². The van der Waals surface area contributed by atoms with Gasteiger partial charge in [-0.05, 0) is 48.9 Å². The number of Topliss-reactive ketones (excluding diaryl/α,β-unsaturated/α-hetero) is 1. The first-order chi connectivity index (χ1) is 10.2. The first kappa shape index (κ1) is 14.5. The molecule has 0 aliphatic carbocycles. The average Bonchev–Trinajstić information content (AvgIpc) is 2.81. The molecule has 0 radical (unpaired) electrons. The number of hydrogen-bond donors (Lipinski definition) is 2. The third kappa shape index (κ3) is 2.83. The summed E-state index contributed by atoms with van der Waals surface area (Å²) in [7, 11) is 0. The van der Waals surface area contributed by atoms with E-state index in [-0.39, 0.29) is 12.4 Å². The Labute approximate surface area is 125 Å². The van der Waals surface area contributed by atoms with Gasteiger partial charge in [-0.2, -0.15) is 0 Å². The molecule has 0 bridgehead atoms. The van der Waals surface area contributed by atoms with E-state index in [9.17, 15) is 9.90 Å². The molecule has 2 aliphatic rings. The first-order valence-electron chi connectivity index (χ1n) is 7.95. The number of unbranched alkanes of at least 4 members (excludes halogenated alkanes) is 2. The van der Waals surface area contributed by atoms with Crippen LogP contribution in [0.25, 0.3) is 0 Å². The van der Waals surface area contributed by atoms with Crippen LogP contribution < -0.4 is 4.90 Å². The van der Waals surface area contributed by atoms with Gasteiger partial charge in [-0.25, -0.2) is 0 Å². The second-order valence-corrected chi connectivity index (χ2v) is 6.08. The number of aliphatic hydroxyl groups excluding tert-OH is 2. The highest BCUT2D eigenvalue weighted by Crippen LogP contribution is 2.39. The number of hydrogen-bond acceptors (Lipinski definition) is 4. The van der Waals surface area contributed by atoms with Gasteiger partial charge in [0.15, 0.2) is 5.78 Å². The molecule has 2 heterocycles. The van der Waals surface area contributed by atoms with Gasteiger partial charge in [0.2, 0.25) is 0 Å². The lowest BCUT2D eigenvalue weighted by Crippen LogP contribution is -2.35. The van der Waals surface area contributed by atoms with Crippen LogP contribution in [0.5, 0.6) is 0 Å². The SMILES string of the molecule is O=C(CCCCCO)c1cc2c3c(c1)CC(O)N3CCC2. The van der Waals surface area contributed by atoms with E-state index in [1.807, 2.05) is 12.1 Å². The van der Waals surface area contributed by atoms with Crippen molar-refractivity contribution in [3.8, 4) is 0 Å². The number of carbonyl (C=O) groups excluding carboxylic acids is 1.